The molecule has 0 bridgehead atoms. The minimum absolute atomic E-state index is 0.214. The molecular weight excluding hydrogens is 321 g/mol. The molecule has 0 amide bonds. The smallest absolute Gasteiger partial charge is 0.129 e. The quantitative estimate of drug-likeness (QED) is 0.901. The van der Waals surface area contributed by atoms with Crippen LogP contribution in [0.15, 0.2) is 28.9 Å². The largest absolute Gasteiger partial charge is 0.310 e. The van der Waals surface area contributed by atoms with Crippen molar-refractivity contribution in [3.05, 3.63) is 51.5 Å². The Morgan fingerprint density at radius 1 is 1.35 bits per heavy atom. The maximum absolute atomic E-state index is 13.8. The number of aromatic nitrogens is 2. The van der Waals surface area contributed by atoms with Crippen LogP contribution in [0.5, 0.6) is 0 Å². The third-order valence-electron chi connectivity index (χ3n) is 3.10. The van der Waals surface area contributed by atoms with Gasteiger partial charge >= 0.3 is 0 Å². The highest BCUT2D eigenvalue weighted by Crippen LogP contribution is 2.16. The van der Waals surface area contributed by atoms with Gasteiger partial charge in [-0.25, -0.2) is 4.39 Å². The van der Waals surface area contributed by atoms with Crippen molar-refractivity contribution in [2.75, 3.05) is 0 Å². The lowest BCUT2D eigenvalue weighted by Gasteiger charge is -2.06. The molecule has 1 aromatic carbocycles. The first-order valence-corrected chi connectivity index (χ1v) is 7.45. The van der Waals surface area contributed by atoms with Crippen LogP contribution in [0, 0.1) is 12.7 Å². The molecule has 5 heteroatoms. The summed E-state index contributed by atoms with van der Waals surface area (Å²) >= 11 is 3.26. The standard InChI is InChI=1S/C15H19BrFN3/c1-10(2)18-7-13-9-20(19-11(13)3)8-12-4-5-14(16)6-15(12)17/h4-6,9-10,18H,7-8H2,1-3H3. The Morgan fingerprint density at radius 3 is 2.75 bits per heavy atom. The Hall–Kier alpha value is -1.20. The lowest BCUT2D eigenvalue weighted by atomic mass is 10.2. The summed E-state index contributed by atoms with van der Waals surface area (Å²) in [7, 11) is 0. The maximum atomic E-state index is 13.8. The number of halogens is 2. The number of rotatable bonds is 5. The Morgan fingerprint density at radius 2 is 2.10 bits per heavy atom. The number of hydrogen-bond acceptors (Lipinski definition) is 2. The molecule has 108 valence electrons. The molecule has 0 saturated carbocycles. The van der Waals surface area contributed by atoms with Gasteiger partial charge in [-0.2, -0.15) is 5.10 Å². The van der Waals surface area contributed by atoms with Gasteiger partial charge in [-0.05, 0) is 19.1 Å². The summed E-state index contributed by atoms with van der Waals surface area (Å²) in [4.78, 5) is 0. The average Bonchev–Trinajstić information content (AvgIpc) is 2.71. The molecule has 0 saturated heterocycles. The highest BCUT2D eigenvalue weighted by molar-refractivity contribution is 9.10. The molecule has 0 aliphatic heterocycles. The molecule has 3 nitrogen and oxygen atoms in total. The Balaban J connectivity index is 2.12. The van der Waals surface area contributed by atoms with Crippen LogP contribution in [0.25, 0.3) is 0 Å². The molecule has 1 aromatic heterocycles. The van der Waals surface area contributed by atoms with Gasteiger partial charge in [-0.3, -0.25) is 4.68 Å². The molecule has 0 atom stereocenters. The van der Waals surface area contributed by atoms with Gasteiger partial charge in [0.15, 0.2) is 0 Å². The molecule has 0 radical (unpaired) electrons. The maximum Gasteiger partial charge on any atom is 0.129 e. The first kappa shape index (κ1) is 15.2. The molecule has 0 fully saturated rings. The highest BCUT2D eigenvalue weighted by Gasteiger charge is 2.08. The van der Waals surface area contributed by atoms with E-state index >= 15 is 0 Å². The lowest BCUT2D eigenvalue weighted by Crippen LogP contribution is -2.21. The van der Waals surface area contributed by atoms with E-state index in [0.717, 1.165) is 22.3 Å². The molecule has 1 heterocycles. The first-order chi connectivity index (χ1) is 9.45. The predicted octanol–water partition coefficient (Wildman–Crippen LogP) is 3.64. The summed E-state index contributed by atoms with van der Waals surface area (Å²) in [5.74, 6) is -0.214. The Kier molecular flexibility index (Phi) is 4.94. The summed E-state index contributed by atoms with van der Waals surface area (Å²) in [6.45, 7) is 7.42. The number of nitrogens with zero attached hydrogens (tertiary/aromatic N) is 2. The number of aryl methyl sites for hydroxylation is 1. The van der Waals surface area contributed by atoms with E-state index in [2.05, 4.69) is 40.2 Å². The topological polar surface area (TPSA) is 29.9 Å². The minimum atomic E-state index is -0.214. The second-order valence-corrected chi connectivity index (χ2v) is 6.12. The second kappa shape index (κ2) is 6.50. The van der Waals surface area contributed by atoms with E-state index in [0.29, 0.717) is 18.2 Å². The van der Waals surface area contributed by atoms with Gasteiger partial charge in [-0.15, -0.1) is 0 Å². The van der Waals surface area contributed by atoms with Gasteiger partial charge in [0.2, 0.25) is 0 Å². The van der Waals surface area contributed by atoms with Crippen LogP contribution in [0.2, 0.25) is 0 Å². The first-order valence-electron chi connectivity index (χ1n) is 6.66. The van der Waals surface area contributed by atoms with Gasteiger partial charge in [0.25, 0.3) is 0 Å². The normalized spacial score (nSPS) is 11.3. The molecule has 0 aliphatic rings. The molecule has 2 rings (SSSR count). The van der Waals surface area contributed by atoms with E-state index < -0.39 is 0 Å². The SMILES string of the molecule is Cc1nn(Cc2ccc(Br)cc2F)cc1CNC(C)C. The van der Waals surface area contributed by atoms with Crippen LogP contribution in [0.1, 0.15) is 30.7 Å². The number of hydrogen-bond donors (Lipinski definition) is 1. The zero-order chi connectivity index (χ0) is 14.7. The Bertz CT molecular complexity index is 593. The molecule has 0 unspecified atom stereocenters. The predicted molar refractivity (Wildman–Crippen MR) is 82.1 cm³/mol. The van der Waals surface area contributed by atoms with E-state index in [-0.39, 0.29) is 5.82 Å². The lowest BCUT2D eigenvalue weighted by molar-refractivity contribution is 0.580. The van der Waals surface area contributed by atoms with Crippen LogP contribution in [0.4, 0.5) is 4.39 Å². The van der Waals surface area contributed by atoms with E-state index in [4.69, 9.17) is 0 Å². The summed E-state index contributed by atoms with van der Waals surface area (Å²) in [6, 6.07) is 5.53. The van der Waals surface area contributed by atoms with Crippen molar-refractivity contribution in [2.45, 2.75) is 39.9 Å². The molecule has 0 spiro atoms. The molecule has 20 heavy (non-hydrogen) atoms. The molecule has 2 aromatic rings. The summed E-state index contributed by atoms with van der Waals surface area (Å²) < 4.78 is 16.4. The van der Waals surface area contributed by atoms with Gasteiger partial charge in [0.1, 0.15) is 5.82 Å². The molecule has 0 aliphatic carbocycles. The van der Waals surface area contributed by atoms with Crippen molar-refractivity contribution < 1.29 is 4.39 Å². The van der Waals surface area contributed by atoms with Crippen LogP contribution in [0.3, 0.4) is 0 Å². The van der Waals surface area contributed by atoms with E-state index in [1.165, 1.54) is 6.07 Å². The monoisotopic (exact) mass is 339 g/mol. The summed E-state index contributed by atoms with van der Waals surface area (Å²) in [5.41, 5.74) is 2.77. The zero-order valence-corrected chi connectivity index (χ0v) is 13.5. The van der Waals surface area contributed by atoms with Gasteiger partial charge in [-0.1, -0.05) is 35.8 Å². The summed E-state index contributed by atoms with van der Waals surface area (Å²) in [6.07, 6.45) is 1.98. The van der Waals surface area contributed by atoms with Crippen molar-refractivity contribution >= 4 is 15.9 Å². The van der Waals surface area contributed by atoms with Crippen LogP contribution in [-0.4, -0.2) is 15.8 Å². The zero-order valence-electron chi connectivity index (χ0n) is 12.0. The van der Waals surface area contributed by atoms with E-state index in [9.17, 15) is 4.39 Å². The minimum Gasteiger partial charge on any atom is -0.310 e. The van der Waals surface area contributed by atoms with Crippen molar-refractivity contribution in [1.82, 2.24) is 15.1 Å². The number of benzene rings is 1. The van der Waals surface area contributed by atoms with Gasteiger partial charge < -0.3 is 5.32 Å². The van der Waals surface area contributed by atoms with Crippen molar-refractivity contribution in [3.8, 4) is 0 Å². The Labute approximate surface area is 127 Å². The average molecular weight is 340 g/mol. The van der Waals surface area contributed by atoms with E-state index in [1.807, 2.05) is 19.2 Å². The second-order valence-electron chi connectivity index (χ2n) is 5.21. The van der Waals surface area contributed by atoms with Gasteiger partial charge in [0, 0.05) is 34.4 Å². The highest BCUT2D eigenvalue weighted by atomic mass is 79.9. The fraction of sp³-hybridized carbons (Fsp3) is 0.400. The van der Waals surface area contributed by atoms with Crippen molar-refractivity contribution in [3.63, 3.8) is 0 Å². The third-order valence-corrected chi connectivity index (χ3v) is 3.59. The number of nitrogens with one attached hydrogen (secondary N) is 1. The van der Waals surface area contributed by atoms with Crippen molar-refractivity contribution in [2.24, 2.45) is 0 Å². The fourth-order valence-corrected chi connectivity index (χ4v) is 2.29. The van der Waals surface area contributed by atoms with Crippen LogP contribution < -0.4 is 5.32 Å². The summed E-state index contributed by atoms with van der Waals surface area (Å²) in [5, 5.41) is 7.81. The molecular formula is C15H19BrFN3. The molecule has 1 N–H and O–H groups in total. The van der Waals surface area contributed by atoms with Gasteiger partial charge in [0.05, 0.1) is 12.2 Å². The van der Waals surface area contributed by atoms with Crippen LogP contribution >= 0.6 is 15.9 Å². The third kappa shape index (κ3) is 3.90. The van der Waals surface area contributed by atoms with Crippen molar-refractivity contribution in [1.29, 1.82) is 0 Å². The van der Waals surface area contributed by atoms with E-state index in [1.54, 1.807) is 10.7 Å². The fourth-order valence-electron chi connectivity index (χ4n) is 1.95. The van der Waals surface area contributed by atoms with Crippen LogP contribution in [-0.2, 0) is 13.1 Å².